The lowest BCUT2D eigenvalue weighted by molar-refractivity contribution is -0.141. The number of nitrogens with zero attached hydrogens (tertiary/aromatic N) is 1. The van der Waals surface area contributed by atoms with Gasteiger partial charge in [-0.1, -0.05) is 18.2 Å². The van der Waals surface area contributed by atoms with Crippen molar-refractivity contribution < 1.29 is 9.18 Å². The summed E-state index contributed by atoms with van der Waals surface area (Å²) in [7, 11) is 0. The molecule has 0 bridgehead atoms. The highest BCUT2D eigenvalue weighted by molar-refractivity contribution is 5.87. The Labute approximate surface area is 131 Å². The van der Waals surface area contributed by atoms with E-state index in [2.05, 4.69) is 26.1 Å². The quantitative estimate of drug-likeness (QED) is 0.865. The first-order valence-corrected chi connectivity index (χ1v) is 8.13. The lowest BCUT2D eigenvalue weighted by Gasteiger charge is -2.38. The van der Waals surface area contributed by atoms with Gasteiger partial charge in [-0.15, -0.1) is 0 Å². The van der Waals surface area contributed by atoms with Crippen LogP contribution in [0.4, 0.5) is 4.39 Å². The fourth-order valence-corrected chi connectivity index (χ4v) is 4.00. The first-order valence-electron chi connectivity index (χ1n) is 8.13. The Morgan fingerprint density at radius 3 is 2.64 bits per heavy atom. The van der Waals surface area contributed by atoms with Crippen LogP contribution in [0.15, 0.2) is 24.3 Å². The maximum absolute atomic E-state index is 14.4. The van der Waals surface area contributed by atoms with Crippen LogP contribution in [0.5, 0.6) is 0 Å². The minimum absolute atomic E-state index is 0.0757. The third-order valence-electron chi connectivity index (χ3n) is 5.21. The van der Waals surface area contributed by atoms with Crippen LogP contribution in [0.3, 0.4) is 0 Å². The molecule has 0 aliphatic carbocycles. The van der Waals surface area contributed by atoms with E-state index in [0.29, 0.717) is 18.7 Å². The van der Waals surface area contributed by atoms with Crippen LogP contribution < -0.4 is 5.32 Å². The smallest absolute Gasteiger partial charge is 0.231 e. The molecule has 0 aromatic heterocycles. The van der Waals surface area contributed by atoms with Crippen molar-refractivity contribution in [3.63, 3.8) is 0 Å². The molecular weight excluding hydrogens is 279 g/mol. The molecule has 1 aromatic carbocycles. The molecule has 0 unspecified atom stereocenters. The largest absolute Gasteiger partial charge is 0.337 e. The Kier molecular flexibility index (Phi) is 3.76. The standard InChI is InChI=1S/C18H25FN2O/c1-17(2,3)21-11-14(13-7-4-5-8-15(13)19)18(16(21)22)9-6-10-20-12-18/h4-5,7-8,14,20H,6,9-12H2,1-3H3/t14-,18+/m0/s1. The van der Waals surface area contributed by atoms with Gasteiger partial charge in [0.1, 0.15) is 5.82 Å². The van der Waals surface area contributed by atoms with Gasteiger partial charge in [0.15, 0.2) is 0 Å². The normalized spacial score (nSPS) is 29.4. The maximum Gasteiger partial charge on any atom is 0.231 e. The average molecular weight is 304 g/mol. The number of amides is 1. The van der Waals surface area contributed by atoms with E-state index in [-0.39, 0.29) is 23.2 Å². The molecule has 2 atom stereocenters. The van der Waals surface area contributed by atoms with Crippen molar-refractivity contribution in [3.05, 3.63) is 35.6 Å². The third-order valence-corrected chi connectivity index (χ3v) is 5.21. The first kappa shape index (κ1) is 15.5. The fraction of sp³-hybridized carbons (Fsp3) is 0.611. The minimum atomic E-state index is -0.492. The van der Waals surface area contributed by atoms with Crippen molar-refractivity contribution in [3.8, 4) is 0 Å². The molecule has 120 valence electrons. The SMILES string of the molecule is CC(C)(C)N1C[C@@H](c2ccccc2F)[C@]2(CCCNC2)C1=O. The second kappa shape index (κ2) is 5.34. The van der Waals surface area contributed by atoms with Gasteiger partial charge in [-0.05, 0) is 51.8 Å². The number of hydrogen-bond acceptors (Lipinski definition) is 2. The van der Waals surface area contributed by atoms with Crippen molar-refractivity contribution >= 4 is 5.91 Å². The van der Waals surface area contributed by atoms with Gasteiger partial charge in [0, 0.05) is 24.5 Å². The second-order valence-corrected chi connectivity index (χ2v) is 7.60. The van der Waals surface area contributed by atoms with Gasteiger partial charge in [-0.25, -0.2) is 4.39 Å². The van der Waals surface area contributed by atoms with E-state index in [1.165, 1.54) is 6.07 Å². The van der Waals surface area contributed by atoms with Crippen LogP contribution in [-0.2, 0) is 4.79 Å². The highest BCUT2D eigenvalue weighted by Gasteiger charge is 2.56. The highest BCUT2D eigenvalue weighted by atomic mass is 19.1. The molecule has 2 saturated heterocycles. The van der Waals surface area contributed by atoms with Crippen molar-refractivity contribution in [2.75, 3.05) is 19.6 Å². The number of rotatable bonds is 1. The molecule has 1 aromatic rings. The summed E-state index contributed by atoms with van der Waals surface area (Å²) in [5, 5.41) is 3.37. The summed E-state index contributed by atoms with van der Waals surface area (Å²) in [5.41, 5.74) is -0.0405. The van der Waals surface area contributed by atoms with Gasteiger partial charge in [0.25, 0.3) is 0 Å². The summed E-state index contributed by atoms with van der Waals surface area (Å²) in [6.07, 6.45) is 1.80. The van der Waals surface area contributed by atoms with Gasteiger partial charge in [0.2, 0.25) is 5.91 Å². The topological polar surface area (TPSA) is 32.3 Å². The summed E-state index contributed by atoms with van der Waals surface area (Å²) in [4.78, 5) is 15.1. The monoisotopic (exact) mass is 304 g/mol. The van der Waals surface area contributed by atoms with Gasteiger partial charge in [-0.3, -0.25) is 4.79 Å². The lowest BCUT2D eigenvalue weighted by Crippen LogP contribution is -2.50. The molecule has 1 amide bonds. The molecular formula is C18H25FN2O. The summed E-state index contributed by atoms with van der Waals surface area (Å²) in [5.74, 6) is -0.0883. The zero-order valence-electron chi connectivity index (χ0n) is 13.7. The average Bonchev–Trinajstić information content (AvgIpc) is 2.74. The molecule has 1 N–H and O–H groups in total. The Bertz CT molecular complexity index is 573. The summed E-state index contributed by atoms with van der Waals surface area (Å²) in [6, 6.07) is 6.93. The number of halogens is 1. The Hall–Kier alpha value is -1.42. The fourth-order valence-electron chi connectivity index (χ4n) is 4.00. The van der Waals surface area contributed by atoms with Crippen molar-refractivity contribution in [2.24, 2.45) is 5.41 Å². The molecule has 3 rings (SSSR count). The third kappa shape index (κ3) is 2.34. The van der Waals surface area contributed by atoms with Crippen LogP contribution in [0, 0.1) is 11.2 Å². The number of carbonyl (C=O) groups excluding carboxylic acids is 1. The van der Waals surface area contributed by atoms with Crippen LogP contribution in [0.2, 0.25) is 0 Å². The Morgan fingerprint density at radius 1 is 1.32 bits per heavy atom. The van der Waals surface area contributed by atoms with Gasteiger partial charge in [0.05, 0.1) is 5.41 Å². The molecule has 0 saturated carbocycles. The first-order chi connectivity index (χ1) is 10.4. The van der Waals surface area contributed by atoms with E-state index in [9.17, 15) is 9.18 Å². The zero-order valence-corrected chi connectivity index (χ0v) is 13.7. The predicted molar refractivity (Wildman–Crippen MR) is 85.1 cm³/mol. The predicted octanol–water partition coefficient (Wildman–Crippen LogP) is 2.92. The molecule has 1 spiro atoms. The molecule has 2 aliphatic heterocycles. The van der Waals surface area contributed by atoms with Gasteiger partial charge >= 0.3 is 0 Å². The number of nitrogens with one attached hydrogen (secondary N) is 1. The molecule has 2 fully saturated rings. The van der Waals surface area contributed by atoms with Gasteiger partial charge < -0.3 is 10.2 Å². The molecule has 4 heteroatoms. The number of likely N-dealkylation sites (tertiary alicyclic amines) is 1. The van der Waals surface area contributed by atoms with E-state index in [1.54, 1.807) is 6.07 Å². The second-order valence-electron chi connectivity index (χ2n) is 7.60. The molecule has 2 heterocycles. The summed E-state index contributed by atoms with van der Waals surface area (Å²) >= 11 is 0. The van der Waals surface area contributed by atoms with Crippen LogP contribution in [-0.4, -0.2) is 36.0 Å². The molecule has 22 heavy (non-hydrogen) atoms. The van der Waals surface area contributed by atoms with Crippen LogP contribution in [0.25, 0.3) is 0 Å². The van der Waals surface area contributed by atoms with E-state index in [1.807, 2.05) is 17.0 Å². The van der Waals surface area contributed by atoms with E-state index in [0.717, 1.165) is 19.4 Å². The zero-order chi connectivity index (χ0) is 16.0. The van der Waals surface area contributed by atoms with Crippen LogP contribution >= 0.6 is 0 Å². The van der Waals surface area contributed by atoms with Crippen molar-refractivity contribution in [2.45, 2.75) is 45.1 Å². The number of carbonyl (C=O) groups is 1. The maximum atomic E-state index is 14.4. The van der Waals surface area contributed by atoms with Crippen LogP contribution in [0.1, 0.15) is 45.1 Å². The highest BCUT2D eigenvalue weighted by Crippen LogP contribution is 2.50. The molecule has 2 aliphatic rings. The summed E-state index contributed by atoms with van der Waals surface area (Å²) in [6.45, 7) is 8.35. The summed E-state index contributed by atoms with van der Waals surface area (Å²) < 4.78 is 14.4. The Morgan fingerprint density at radius 2 is 2.05 bits per heavy atom. The molecule has 3 nitrogen and oxygen atoms in total. The number of benzene rings is 1. The number of piperidine rings is 1. The Balaban J connectivity index is 2.06. The van der Waals surface area contributed by atoms with Crippen molar-refractivity contribution in [1.29, 1.82) is 0 Å². The van der Waals surface area contributed by atoms with Crippen molar-refractivity contribution in [1.82, 2.24) is 10.2 Å². The lowest BCUT2D eigenvalue weighted by atomic mass is 9.69. The van der Waals surface area contributed by atoms with Gasteiger partial charge in [-0.2, -0.15) is 0 Å². The number of hydrogen-bond donors (Lipinski definition) is 1. The molecule has 0 radical (unpaired) electrons. The van der Waals surface area contributed by atoms with E-state index >= 15 is 0 Å². The van der Waals surface area contributed by atoms with E-state index < -0.39 is 5.41 Å². The minimum Gasteiger partial charge on any atom is -0.337 e. The van der Waals surface area contributed by atoms with E-state index in [4.69, 9.17) is 0 Å².